The Kier molecular flexibility index (Phi) is 5.12. The van der Waals surface area contributed by atoms with Crippen molar-refractivity contribution in [2.75, 3.05) is 17.3 Å². The van der Waals surface area contributed by atoms with Gasteiger partial charge >= 0.3 is 6.03 Å². The second kappa shape index (κ2) is 6.85. The van der Waals surface area contributed by atoms with Crippen LogP contribution in [-0.2, 0) is 14.6 Å². The summed E-state index contributed by atoms with van der Waals surface area (Å²) in [6.45, 7) is 0. The lowest BCUT2D eigenvalue weighted by Gasteiger charge is -2.10. The highest BCUT2D eigenvalue weighted by Gasteiger charge is 2.29. The number of hydrogen-bond acceptors (Lipinski definition) is 7. The molecule has 0 saturated carbocycles. The lowest BCUT2D eigenvalue weighted by molar-refractivity contribution is -0.117. The molecule has 8 nitrogen and oxygen atoms in total. The van der Waals surface area contributed by atoms with Crippen molar-refractivity contribution in [3.8, 4) is 0 Å². The Bertz CT molecular complexity index is 620. The number of amides is 3. The molecule has 2 heterocycles. The highest BCUT2D eigenvalue weighted by Crippen LogP contribution is 2.11. The van der Waals surface area contributed by atoms with E-state index in [4.69, 9.17) is 0 Å². The Balaban J connectivity index is 1.71. The zero-order valence-electron chi connectivity index (χ0n) is 11.0. The first-order chi connectivity index (χ1) is 9.94. The summed E-state index contributed by atoms with van der Waals surface area (Å²) < 4.78 is 22.5. The van der Waals surface area contributed by atoms with Crippen LogP contribution in [0.25, 0.3) is 0 Å². The van der Waals surface area contributed by atoms with Crippen LogP contribution in [0.2, 0.25) is 0 Å². The van der Waals surface area contributed by atoms with Crippen molar-refractivity contribution < 1.29 is 18.0 Å². The SMILES string of the molecule is O=C(CSc1ncccn1)NC(=O)NC1CCS(=O)(=O)C1. The van der Waals surface area contributed by atoms with E-state index in [1.54, 1.807) is 18.5 Å². The van der Waals surface area contributed by atoms with E-state index in [2.05, 4.69) is 20.6 Å². The summed E-state index contributed by atoms with van der Waals surface area (Å²) in [5, 5.41) is 5.06. The van der Waals surface area contributed by atoms with Crippen LogP contribution in [0.15, 0.2) is 23.6 Å². The van der Waals surface area contributed by atoms with Gasteiger partial charge < -0.3 is 5.32 Å². The summed E-state index contributed by atoms with van der Waals surface area (Å²) >= 11 is 1.10. The number of urea groups is 1. The van der Waals surface area contributed by atoms with Gasteiger partial charge in [0.05, 0.1) is 17.3 Å². The van der Waals surface area contributed by atoms with Crippen LogP contribution in [0.3, 0.4) is 0 Å². The minimum atomic E-state index is -3.06. The number of nitrogens with one attached hydrogen (secondary N) is 2. The fourth-order valence-corrected chi connectivity index (χ4v) is 4.06. The maximum Gasteiger partial charge on any atom is 0.321 e. The summed E-state index contributed by atoms with van der Waals surface area (Å²) in [6.07, 6.45) is 3.48. The molecule has 1 saturated heterocycles. The zero-order chi connectivity index (χ0) is 15.3. The fourth-order valence-electron chi connectivity index (χ4n) is 1.78. The molecule has 21 heavy (non-hydrogen) atoms. The predicted octanol–water partition coefficient (Wildman–Crippen LogP) is -0.418. The quantitative estimate of drug-likeness (QED) is 0.568. The molecule has 0 radical (unpaired) electrons. The minimum Gasteiger partial charge on any atom is -0.334 e. The fraction of sp³-hybridized carbons (Fsp3) is 0.455. The molecule has 1 aromatic rings. The summed E-state index contributed by atoms with van der Waals surface area (Å²) in [4.78, 5) is 31.0. The van der Waals surface area contributed by atoms with Crippen LogP contribution in [0, 0.1) is 0 Å². The third kappa shape index (κ3) is 5.31. The number of rotatable bonds is 4. The predicted molar refractivity (Wildman–Crippen MR) is 76.5 cm³/mol. The Morgan fingerprint density at radius 1 is 1.33 bits per heavy atom. The normalized spacial score (nSPS) is 19.9. The Hall–Kier alpha value is -1.68. The molecule has 2 rings (SSSR count). The highest BCUT2D eigenvalue weighted by molar-refractivity contribution is 7.99. The maximum absolute atomic E-state index is 11.6. The summed E-state index contributed by atoms with van der Waals surface area (Å²) in [6, 6.07) is 0.539. The molecule has 0 aromatic carbocycles. The van der Waals surface area contributed by atoms with E-state index in [9.17, 15) is 18.0 Å². The number of carbonyl (C=O) groups excluding carboxylic acids is 2. The van der Waals surface area contributed by atoms with Crippen LogP contribution in [0.1, 0.15) is 6.42 Å². The van der Waals surface area contributed by atoms with Gasteiger partial charge in [-0.05, 0) is 12.5 Å². The average Bonchev–Trinajstić information content (AvgIpc) is 2.76. The van der Waals surface area contributed by atoms with Crippen LogP contribution in [0.4, 0.5) is 4.79 Å². The first-order valence-corrected chi connectivity index (χ1v) is 8.96. The zero-order valence-corrected chi connectivity index (χ0v) is 12.6. The van der Waals surface area contributed by atoms with Gasteiger partial charge in [-0.1, -0.05) is 11.8 Å². The Morgan fingerprint density at radius 2 is 2.05 bits per heavy atom. The number of sulfone groups is 1. The van der Waals surface area contributed by atoms with Crippen molar-refractivity contribution in [1.29, 1.82) is 0 Å². The van der Waals surface area contributed by atoms with Gasteiger partial charge in [-0.3, -0.25) is 10.1 Å². The monoisotopic (exact) mass is 330 g/mol. The lowest BCUT2D eigenvalue weighted by Crippen LogP contribution is -2.45. The van der Waals surface area contributed by atoms with E-state index in [1.807, 2.05) is 0 Å². The standard InChI is InChI=1S/C11H14N4O4S2/c16-9(6-20-11-12-3-1-4-13-11)15-10(17)14-8-2-5-21(18,19)7-8/h1,3-4,8H,2,5-7H2,(H2,14,15,16,17). The second-order valence-corrected chi connectivity index (χ2v) is 7.61. The second-order valence-electron chi connectivity index (χ2n) is 4.44. The van der Waals surface area contributed by atoms with Crippen molar-refractivity contribution >= 4 is 33.5 Å². The average molecular weight is 330 g/mol. The van der Waals surface area contributed by atoms with Gasteiger partial charge in [0.2, 0.25) is 5.91 Å². The molecule has 0 bridgehead atoms. The number of hydrogen-bond donors (Lipinski definition) is 2. The van der Waals surface area contributed by atoms with Crippen LogP contribution < -0.4 is 10.6 Å². The number of aromatic nitrogens is 2. The molecule has 0 aliphatic carbocycles. The van der Waals surface area contributed by atoms with Crippen molar-refractivity contribution in [1.82, 2.24) is 20.6 Å². The molecular weight excluding hydrogens is 316 g/mol. The minimum absolute atomic E-state index is 0.000395. The Labute approximate surface area is 126 Å². The summed E-state index contributed by atoms with van der Waals surface area (Å²) in [5.41, 5.74) is 0. The molecule has 1 aromatic heterocycles. The molecule has 114 valence electrons. The molecule has 1 unspecified atom stereocenters. The first kappa shape index (κ1) is 15.7. The lowest BCUT2D eigenvalue weighted by atomic mass is 10.3. The molecule has 0 spiro atoms. The van der Waals surface area contributed by atoms with Gasteiger partial charge in [0, 0.05) is 18.4 Å². The Morgan fingerprint density at radius 3 is 2.67 bits per heavy atom. The number of thioether (sulfide) groups is 1. The molecule has 1 atom stereocenters. The van der Waals surface area contributed by atoms with Gasteiger partial charge in [-0.2, -0.15) is 0 Å². The maximum atomic E-state index is 11.6. The largest absolute Gasteiger partial charge is 0.334 e. The van der Waals surface area contributed by atoms with Crippen LogP contribution in [0.5, 0.6) is 0 Å². The van der Waals surface area contributed by atoms with E-state index < -0.39 is 27.8 Å². The molecule has 10 heteroatoms. The summed E-state index contributed by atoms with van der Waals surface area (Å²) in [7, 11) is -3.06. The van der Waals surface area contributed by atoms with Crippen molar-refractivity contribution in [2.24, 2.45) is 0 Å². The van der Waals surface area contributed by atoms with E-state index in [0.717, 1.165) is 11.8 Å². The van der Waals surface area contributed by atoms with Gasteiger partial charge in [0.15, 0.2) is 15.0 Å². The van der Waals surface area contributed by atoms with E-state index in [1.165, 1.54) is 0 Å². The highest BCUT2D eigenvalue weighted by atomic mass is 32.2. The third-order valence-electron chi connectivity index (χ3n) is 2.70. The van der Waals surface area contributed by atoms with Crippen molar-refractivity contribution in [3.63, 3.8) is 0 Å². The van der Waals surface area contributed by atoms with E-state index >= 15 is 0 Å². The number of imide groups is 1. The van der Waals surface area contributed by atoms with Gasteiger partial charge in [-0.15, -0.1) is 0 Å². The molecule has 1 aliphatic rings. The van der Waals surface area contributed by atoms with Crippen LogP contribution in [-0.4, -0.2) is 53.6 Å². The molecular formula is C11H14N4O4S2. The van der Waals surface area contributed by atoms with E-state index in [0.29, 0.717) is 11.6 Å². The van der Waals surface area contributed by atoms with Crippen molar-refractivity contribution in [2.45, 2.75) is 17.6 Å². The smallest absolute Gasteiger partial charge is 0.321 e. The topological polar surface area (TPSA) is 118 Å². The van der Waals surface area contributed by atoms with Gasteiger partial charge in [-0.25, -0.2) is 23.2 Å². The molecule has 2 N–H and O–H groups in total. The third-order valence-corrected chi connectivity index (χ3v) is 5.34. The van der Waals surface area contributed by atoms with Crippen LogP contribution >= 0.6 is 11.8 Å². The van der Waals surface area contributed by atoms with E-state index in [-0.39, 0.29) is 17.3 Å². The van der Waals surface area contributed by atoms with Gasteiger partial charge in [0.25, 0.3) is 0 Å². The first-order valence-electron chi connectivity index (χ1n) is 6.15. The summed E-state index contributed by atoms with van der Waals surface area (Å²) in [5.74, 6) is -0.514. The number of nitrogens with zero attached hydrogens (tertiary/aromatic N) is 2. The van der Waals surface area contributed by atoms with Gasteiger partial charge in [0.1, 0.15) is 0 Å². The van der Waals surface area contributed by atoms with Crippen molar-refractivity contribution in [3.05, 3.63) is 18.5 Å². The molecule has 1 fully saturated rings. The number of carbonyl (C=O) groups is 2. The molecule has 1 aliphatic heterocycles. The molecule has 3 amide bonds.